The summed E-state index contributed by atoms with van der Waals surface area (Å²) in [5.74, 6) is -2.08. The fourth-order valence-corrected chi connectivity index (χ4v) is 2.24. The molecule has 0 saturated heterocycles. The number of alkyl halides is 2. The van der Waals surface area contributed by atoms with E-state index in [9.17, 15) is 8.78 Å². The third-order valence-corrected chi connectivity index (χ3v) is 3.19. The summed E-state index contributed by atoms with van der Waals surface area (Å²) in [6, 6.07) is 4.96. The molecular formula is C12H12ClF2N3. The van der Waals surface area contributed by atoms with Crippen molar-refractivity contribution in [2.75, 3.05) is 5.32 Å². The summed E-state index contributed by atoms with van der Waals surface area (Å²) in [4.78, 5) is 4.03. The van der Waals surface area contributed by atoms with Crippen LogP contribution in [0.4, 0.5) is 14.6 Å². The molecule has 0 radical (unpaired) electrons. The molecule has 1 aromatic heterocycles. The van der Waals surface area contributed by atoms with Crippen LogP contribution < -0.4 is 5.32 Å². The molecule has 0 aliphatic heterocycles. The van der Waals surface area contributed by atoms with Gasteiger partial charge in [0.15, 0.2) is 0 Å². The number of rotatable bonds is 2. The lowest BCUT2D eigenvalue weighted by molar-refractivity contribution is -0.0361. The molecule has 96 valence electrons. The van der Waals surface area contributed by atoms with Gasteiger partial charge >= 0.3 is 0 Å². The lowest BCUT2D eigenvalue weighted by Gasteiger charge is -2.29. The zero-order valence-electron chi connectivity index (χ0n) is 9.59. The fraction of sp³-hybridized carbons (Fsp3) is 0.500. The van der Waals surface area contributed by atoms with Gasteiger partial charge in [-0.1, -0.05) is 11.6 Å². The van der Waals surface area contributed by atoms with E-state index in [-0.39, 0.29) is 24.0 Å². The van der Waals surface area contributed by atoms with Crippen LogP contribution in [0.1, 0.15) is 31.2 Å². The van der Waals surface area contributed by atoms with E-state index in [0.717, 1.165) is 0 Å². The van der Waals surface area contributed by atoms with E-state index in [1.807, 2.05) is 6.07 Å². The van der Waals surface area contributed by atoms with Crippen LogP contribution in [0, 0.1) is 11.3 Å². The zero-order chi connectivity index (χ0) is 13.2. The SMILES string of the molecule is N#Cc1cc(Cl)nc(NC2CCC(F)(F)CC2)c1. The zero-order valence-corrected chi connectivity index (χ0v) is 10.3. The van der Waals surface area contributed by atoms with Crippen LogP contribution in [0.3, 0.4) is 0 Å². The van der Waals surface area contributed by atoms with Crippen molar-refractivity contribution >= 4 is 17.4 Å². The maximum Gasteiger partial charge on any atom is 0.248 e. The number of nitriles is 1. The predicted molar refractivity (Wildman–Crippen MR) is 64.8 cm³/mol. The first kappa shape index (κ1) is 13.0. The number of aromatic nitrogens is 1. The van der Waals surface area contributed by atoms with Gasteiger partial charge in [0, 0.05) is 18.9 Å². The Hall–Kier alpha value is -1.41. The molecule has 0 spiro atoms. The van der Waals surface area contributed by atoms with Gasteiger partial charge in [0.2, 0.25) is 5.92 Å². The quantitative estimate of drug-likeness (QED) is 0.836. The predicted octanol–water partition coefficient (Wildman–Crippen LogP) is 3.60. The van der Waals surface area contributed by atoms with Crippen LogP contribution in [-0.4, -0.2) is 16.9 Å². The second kappa shape index (κ2) is 5.07. The monoisotopic (exact) mass is 271 g/mol. The van der Waals surface area contributed by atoms with Crippen LogP contribution in [-0.2, 0) is 0 Å². The molecule has 0 bridgehead atoms. The highest BCUT2D eigenvalue weighted by atomic mass is 35.5. The van der Waals surface area contributed by atoms with Crippen molar-refractivity contribution in [1.82, 2.24) is 4.98 Å². The summed E-state index contributed by atoms with van der Waals surface area (Å²) in [6.07, 6.45) is 0.554. The van der Waals surface area contributed by atoms with Crippen molar-refractivity contribution < 1.29 is 8.78 Å². The van der Waals surface area contributed by atoms with Gasteiger partial charge in [-0.15, -0.1) is 0 Å². The van der Waals surface area contributed by atoms with E-state index < -0.39 is 5.92 Å². The van der Waals surface area contributed by atoms with Gasteiger partial charge in [0.05, 0.1) is 11.6 Å². The minimum Gasteiger partial charge on any atom is -0.367 e. The summed E-state index contributed by atoms with van der Waals surface area (Å²) >= 11 is 5.77. The van der Waals surface area contributed by atoms with Crippen LogP contribution in [0.15, 0.2) is 12.1 Å². The van der Waals surface area contributed by atoms with Crippen LogP contribution >= 0.6 is 11.6 Å². The lowest BCUT2D eigenvalue weighted by Crippen LogP contribution is -2.32. The topological polar surface area (TPSA) is 48.7 Å². The Bertz CT molecular complexity index is 475. The minimum atomic E-state index is -2.54. The van der Waals surface area contributed by atoms with E-state index in [2.05, 4.69) is 10.3 Å². The van der Waals surface area contributed by atoms with Crippen LogP contribution in [0.2, 0.25) is 5.15 Å². The van der Waals surface area contributed by atoms with Crippen molar-refractivity contribution in [3.8, 4) is 6.07 Å². The minimum absolute atomic E-state index is 0.0397. The molecule has 0 unspecified atom stereocenters. The van der Waals surface area contributed by atoms with Gasteiger partial charge in [-0.05, 0) is 25.0 Å². The normalized spacial score (nSPS) is 19.2. The van der Waals surface area contributed by atoms with E-state index in [1.165, 1.54) is 6.07 Å². The number of nitrogens with zero attached hydrogens (tertiary/aromatic N) is 2. The Balaban J connectivity index is 2.02. The first-order valence-electron chi connectivity index (χ1n) is 5.70. The maximum absolute atomic E-state index is 13.0. The van der Waals surface area contributed by atoms with Gasteiger partial charge in [0.1, 0.15) is 11.0 Å². The Labute approximate surface area is 109 Å². The summed E-state index contributed by atoms with van der Waals surface area (Å²) in [5, 5.41) is 12.1. The molecule has 1 saturated carbocycles. The van der Waals surface area contributed by atoms with Gasteiger partial charge in [-0.3, -0.25) is 0 Å². The highest BCUT2D eigenvalue weighted by Crippen LogP contribution is 2.34. The molecule has 1 heterocycles. The number of hydrogen-bond donors (Lipinski definition) is 1. The smallest absolute Gasteiger partial charge is 0.248 e. The van der Waals surface area contributed by atoms with Crippen molar-refractivity contribution in [3.05, 3.63) is 22.8 Å². The van der Waals surface area contributed by atoms with Gasteiger partial charge in [0.25, 0.3) is 0 Å². The van der Waals surface area contributed by atoms with Gasteiger partial charge in [-0.25, -0.2) is 13.8 Å². The maximum atomic E-state index is 13.0. The van der Waals surface area contributed by atoms with E-state index in [1.54, 1.807) is 6.07 Å². The lowest BCUT2D eigenvalue weighted by atomic mass is 9.92. The van der Waals surface area contributed by atoms with Crippen molar-refractivity contribution in [2.24, 2.45) is 0 Å². The van der Waals surface area contributed by atoms with Gasteiger partial charge < -0.3 is 5.32 Å². The number of pyridine rings is 1. The molecule has 1 N–H and O–H groups in total. The first-order chi connectivity index (χ1) is 8.48. The van der Waals surface area contributed by atoms with Crippen LogP contribution in [0.5, 0.6) is 0 Å². The molecule has 1 aromatic rings. The van der Waals surface area contributed by atoms with Crippen molar-refractivity contribution in [2.45, 2.75) is 37.6 Å². The fourth-order valence-electron chi connectivity index (χ4n) is 2.03. The molecule has 0 amide bonds. The third kappa shape index (κ3) is 3.30. The molecule has 18 heavy (non-hydrogen) atoms. The van der Waals surface area contributed by atoms with E-state index >= 15 is 0 Å². The number of nitrogens with one attached hydrogen (secondary N) is 1. The van der Waals surface area contributed by atoms with E-state index in [0.29, 0.717) is 24.2 Å². The standard InChI is InChI=1S/C12H12ClF2N3/c13-10-5-8(7-16)6-11(18-10)17-9-1-3-12(14,15)4-2-9/h5-6,9H,1-4H2,(H,17,18). The summed E-state index contributed by atoms with van der Waals surface area (Å²) < 4.78 is 26.0. The van der Waals surface area contributed by atoms with Gasteiger partial charge in [-0.2, -0.15) is 5.26 Å². The second-order valence-corrected chi connectivity index (χ2v) is 4.84. The van der Waals surface area contributed by atoms with E-state index in [4.69, 9.17) is 16.9 Å². The number of halogens is 3. The Morgan fingerprint density at radius 1 is 1.39 bits per heavy atom. The summed E-state index contributed by atoms with van der Waals surface area (Å²) in [6.45, 7) is 0. The highest BCUT2D eigenvalue weighted by molar-refractivity contribution is 6.29. The molecule has 6 heteroatoms. The average molecular weight is 272 g/mol. The molecular weight excluding hydrogens is 260 g/mol. The molecule has 2 rings (SSSR count). The number of anilines is 1. The Morgan fingerprint density at radius 3 is 2.67 bits per heavy atom. The van der Waals surface area contributed by atoms with Crippen LogP contribution in [0.25, 0.3) is 0 Å². The Kier molecular flexibility index (Phi) is 3.67. The number of hydrogen-bond acceptors (Lipinski definition) is 3. The van der Waals surface area contributed by atoms with Crippen molar-refractivity contribution in [1.29, 1.82) is 5.26 Å². The average Bonchev–Trinajstić information content (AvgIpc) is 2.31. The summed E-state index contributed by atoms with van der Waals surface area (Å²) in [5.41, 5.74) is 0.402. The largest absolute Gasteiger partial charge is 0.367 e. The molecule has 0 atom stereocenters. The summed E-state index contributed by atoms with van der Waals surface area (Å²) in [7, 11) is 0. The van der Waals surface area contributed by atoms with Crippen molar-refractivity contribution in [3.63, 3.8) is 0 Å². The molecule has 1 aliphatic rings. The molecule has 1 fully saturated rings. The molecule has 0 aromatic carbocycles. The second-order valence-electron chi connectivity index (χ2n) is 4.45. The molecule has 1 aliphatic carbocycles. The first-order valence-corrected chi connectivity index (χ1v) is 6.08. The highest BCUT2D eigenvalue weighted by Gasteiger charge is 2.34. The third-order valence-electron chi connectivity index (χ3n) is 2.99. The Morgan fingerprint density at radius 2 is 2.06 bits per heavy atom. The molecule has 3 nitrogen and oxygen atoms in total.